The molecule has 164 valence electrons. The van der Waals surface area contributed by atoms with Gasteiger partial charge in [0, 0.05) is 31.2 Å². The summed E-state index contributed by atoms with van der Waals surface area (Å²) in [4.78, 5) is 34.0. The lowest BCUT2D eigenvalue weighted by Gasteiger charge is -2.34. The smallest absolute Gasteiger partial charge is 0.248 e. The third-order valence-electron chi connectivity index (χ3n) is 5.59. The highest BCUT2D eigenvalue weighted by Gasteiger charge is 2.27. The van der Waals surface area contributed by atoms with E-state index in [2.05, 4.69) is 32.5 Å². The zero-order valence-electron chi connectivity index (χ0n) is 16.9. The molecule has 1 aromatic heterocycles. The molecule has 9 nitrogen and oxygen atoms in total. The molecule has 2 unspecified atom stereocenters. The van der Waals surface area contributed by atoms with Crippen molar-refractivity contribution < 1.29 is 14.7 Å². The topological polar surface area (TPSA) is 119 Å². The van der Waals surface area contributed by atoms with Gasteiger partial charge in [-0.15, -0.1) is 0 Å². The quantitative estimate of drug-likeness (QED) is 0.479. The standard InChI is InChI=1S/C20H29ClN6O3/c1-2-17(29)24-15-7-3-4-8-16(15)25-19-14(21)10-22-20(26-19)23-13-6-5-9-27(11-13)18(30)12-28/h2,10,13,15-16,28H,1,3-9,11-12H2,(H,24,29)(H2,22,23,25,26)/t13-,15?,16?/m1/s1. The molecule has 0 radical (unpaired) electrons. The third-order valence-corrected chi connectivity index (χ3v) is 5.86. The zero-order chi connectivity index (χ0) is 21.5. The van der Waals surface area contributed by atoms with Gasteiger partial charge in [0.1, 0.15) is 11.6 Å². The normalized spacial score (nSPS) is 24.1. The fourth-order valence-electron chi connectivity index (χ4n) is 4.04. The van der Waals surface area contributed by atoms with Crippen molar-refractivity contribution in [2.24, 2.45) is 0 Å². The molecular formula is C20H29ClN6O3. The first-order valence-corrected chi connectivity index (χ1v) is 10.7. The second-order valence-corrected chi connectivity index (χ2v) is 8.13. The number of nitrogens with zero attached hydrogens (tertiary/aromatic N) is 3. The number of halogens is 1. The zero-order valence-corrected chi connectivity index (χ0v) is 17.7. The average molecular weight is 437 g/mol. The molecule has 1 saturated carbocycles. The van der Waals surface area contributed by atoms with E-state index in [9.17, 15) is 9.59 Å². The van der Waals surface area contributed by atoms with E-state index in [0.717, 1.165) is 38.5 Å². The molecule has 1 aromatic rings. The number of likely N-dealkylation sites (tertiary alicyclic amines) is 1. The molecule has 0 aromatic carbocycles. The largest absolute Gasteiger partial charge is 0.387 e. The number of carbonyl (C=O) groups is 2. The van der Waals surface area contributed by atoms with Crippen LogP contribution in [0.2, 0.25) is 5.02 Å². The molecule has 4 N–H and O–H groups in total. The number of nitrogens with one attached hydrogen (secondary N) is 3. The number of hydrogen-bond donors (Lipinski definition) is 4. The van der Waals surface area contributed by atoms with Crippen LogP contribution in [0.5, 0.6) is 0 Å². The van der Waals surface area contributed by atoms with Crippen LogP contribution >= 0.6 is 11.6 Å². The number of aliphatic hydroxyl groups is 1. The summed E-state index contributed by atoms with van der Waals surface area (Å²) in [6.45, 7) is 4.17. The minimum absolute atomic E-state index is 0.00224. The Morgan fingerprint density at radius 2 is 2.00 bits per heavy atom. The number of rotatable bonds is 7. The van der Waals surface area contributed by atoms with Crippen molar-refractivity contribution in [3.8, 4) is 0 Å². The summed E-state index contributed by atoms with van der Waals surface area (Å²) in [5, 5.41) is 19.1. The van der Waals surface area contributed by atoms with E-state index in [-0.39, 0.29) is 29.9 Å². The second-order valence-electron chi connectivity index (χ2n) is 7.73. The monoisotopic (exact) mass is 436 g/mol. The Balaban J connectivity index is 1.66. The van der Waals surface area contributed by atoms with Crippen molar-refractivity contribution in [1.82, 2.24) is 20.2 Å². The fourth-order valence-corrected chi connectivity index (χ4v) is 4.18. The van der Waals surface area contributed by atoms with E-state index in [4.69, 9.17) is 16.7 Å². The molecule has 1 saturated heterocycles. The molecule has 1 aliphatic carbocycles. The van der Waals surface area contributed by atoms with Gasteiger partial charge in [-0.25, -0.2) is 4.98 Å². The van der Waals surface area contributed by atoms with Crippen LogP contribution in [-0.4, -0.2) is 69.6 Å². The summed E-state index contributed by atoms with van der Waals surface area (Å²) in [5.41, 5.74) is 0. The van der Waals surface area contributed by atoms with Crippen molar-refractivity contribution in [1.29, 1.82) is 0 Å². The maximum absolute atomic E-state index is 11.8. The van der Waals surface area contributed by atoms with Gasteiger partial charge in [-0.3, -0.25) is 9.59 Å². The minimum Gasteiger partial charge on any atom is -0.387 e. The van der Waals surface area contributed by atoms with Crippen LogP contribution in [0.3, 0.4) is 0 Å². The first-order chi connectivity index (χ1) is 14.5. The summed E-state index contributed by atoms with van der Waals surface area (Å²) >= 11 is 6.32. The van der Waals surface area contributed by atoms with E-state index in [1.54, 1.807) is 11.1 Å². The molecular weight excluding hydrogens is 408 g/mol. The number of hydrogen-bond acceptors (Lipinski definition) is 7. The predicted octanol–water partition coefficient (Wildman–Crippen LogP) is 1.55. The summed E-state index contributed by atoms with van der Waals surface area (Å²) in [5.74, 6) is 0.473. The summed E-state index contributed by atoms with van der Waals surface area (Å²) in [6, 6.07) is -0.0177. The first-order valence-electron chi connectivity index (χ1n) is 10.4. The lowest BCUT2D eigenvalue weighted by Crippen LogP contribution is -2.48. The molecule has 2 aliphatic rings. The molecule has 1 aliphatic heterocycles. The van der Waals surface area contributed by atoms with Crippen LogP contribution in [0.15, 0.2) is 18.9 Å². The third kappa shape index (κ3) is 5.82. The van der Waals surface area contributed by atoms with Gasteiger partial charge < -0.3 is 26.0 Å². The van der Waals surface area contributed by atoms with Crippen molar-refractivity contribution in [2.45, 2.75) is 56.7 Å². The Kier molecular flexibility index (Phi) is 7.87. The van der Waals surface area contributed by atoms with Gasteiger partial charge in [0.2, 0.25) is 17.8 Å². The average Bonchev–Trinajstić information content (AvgIpc) is 2.76. The van der Waals surface area contributed by atoms with Crippen LogP contribution < -0.4 is 16.0 Å². The van der Waals surface area contributed by atoms with Crippen LogP contribution in [0.4, 0.5) is 11.8 Å². The van der Waals surface area contributed by atoms with Crippen molar-refractivity contribution in [3.63, 3.8) is 0 Å². The van der Waals surface area contributed by atoms with E-state index < -0.39 is 6.61 Å². The van der Waals surface area contributed by atoms with Gasteiger partial charge >= 0.3 is 0 Å². The van der Waals surface area contributed by atoms with Gasteiger partial charge in [-0.2, -0.15) is 4.98 Å². The van der Waals surface area contributed by atoms with E-state index in [1.807, 2.05) is 0 Å². The van der Waals surface area contributed by atoms with Gasteiger partial charge in [0.25, 0.3) is 0 Å². The number of aliphatic hydroxyl groups excluding tert-OH is 1. The Labute approximate surface area is 181 Å². The molecule has 0 spiro atoms. The fraction of sp³-hybridized carbons (Fsp3) is 0.600. The van der Waals surface area contributed by atoms with Crippen LogP contribution in [0, 0.1) is 0 Å². The van der Waals surface area contributed by atoms with Crippen LogP contribution in [-0.2, 0) is 9.59 Å². The van der Waals surface area contributed by atoms with Gasteiger partial charge in [0.15, 0.2) is 5.82 Å². The van der Waals surface area contributed by atoms with E-state index >= 15 is 0 Å². The first kappa shape index (κ1) is 22.3. The van der Waals surface area contributed by atoms with Crippen LogP contribution in [0.25, 0.3) is 0 Å². The Bertz CT molecular complexity index is 777. The summed E-state index contributed by atoms with van der Waals surface area (Å²) < 4.78 is 0. The molecule has 30 heavy (non-hydrogen) atoms. The molecule has 3 atom stereocenters. The number of carbonyl (C=O) groups excluding carboxylic acids is 2. The molecule has 2 fully saturated rings. The number of aromatic nitrogens is 2. The summed E-state index contributed by atoms with van der Waals surface area (Å²) in [6.07, 6.45) is 8.42. The summed E-state index contributed by atoms with van der Waals surface area (Å²) in [7, 11) is 0. The van der Waals surface area contributed by atoms with Crippen molar-refractivity contribution in [2.75, 3.05) is 30.3 Å². The molecule has 0 bridgehead atoms. The second kappa shape index (κ2) is 10.6. The number of piperidine rings is 1. The van der Waals surface area contributed by atoms with Crippen molar-refractivity contribution in [3.05, 3.63) is 23.9 Å². The van der Waals surface area contributed by atoms with Gasteiger partial charge in [0.05, 0.1) is 6.20 Å². The highest BCUT2D eigenvalue weighted by molar-refractivity contribution is 6.32. The molecule has 3 rings (SSSR count). The van der Waals surface area contributed by atoms with E-state index in [1.165, 1.54) is 6.08 Å². The highest BCUT2D eigenvalue weighted by atomic mass is 35.5. The molecule has 2 heterocycles. The Morgan fingerprint density at radius 1 is 1.23 bits per heavy atom. The number of anilines is 2. The molecule has 10 heteroatoms. The highest BCUT2D eigenvalue weighted by Crippen LogP contribution is 2.26. The lowest BCUT2D eigenvalue weighted by atomic mass is 9.90. The lowest BCUT2D eigenvalue weighted by molar-refractivity contribution is -0.135. The number of amides is 2. The van der Waals surface area contributed by atoms with Gasteiger partial charge in [-0.1, -0.05) is 31.0 Å². The Hall–Kier alpha value is -2.39. The van der Waals surface area contributed by atoms with Crippen molar-refractivity contribution >= 4 is 35.2 Å². The van der Waals surface area contributed by atoms with Crippen LogP contribution in [0.1, 0.15) is 38.5 Å². The maximum Gasteiger partial charge on any atom is 0.248 e. The predicted molar refractivity (Wildman–Crippen MR) is 115 cm³/mol. The Morgan fingerprint density at radius 3 is 2.73 bits per heavy atom. The molecule has 2 amide bonds. The SMILES string of the molecule is C=CC(=O)NC1CCCCC1Nc1nc(N[C@@H]2CCCN(C(=O)CO)C2)ncc1Cl. The minimum atomic E-state index is -0.483. The maximum atomic E-state index is 11.8. The van der Waals surface area contributed by atoms with Gasteiger partial charge in [-0.05, 0) is 31.8 Å². The van der Waals surface area contributed by atoms with E-state index in [0.29, 0.717) is 29.9 Å².